The summed E-state index contributed by atoms with van der Waals surface area (Å²) in [6.07, 6.45) is 4.57. The molecule has 1 aromatic heterocycles. The zero-order chi connectivity index (χ0) is 18.6. The maximum atomic E-state index is 12.4. The van der Waals surface area contributed by atoms with E-state index >= 15 is 0 Å². The van der Waals surface area contributed by atoms with Gasteiger partial charge in [-0.25, -0.2) is 0 Å². The lowest BCUT2D eigenvalue weighted by Gasteiger charge is -2.12. The molecule has 0 amide bonds. The lowest BCUT2D eigenvalue weighted by molar-refractivity contribution is -0.274. The molecule has 2 aromatic rings. The monoisotopic (exact) mass is 369 g/mol. The lowest BCUT2D eigenvalue weighted by Crippen LogP contribution is -2.17. The normalized spacial score (nSPS) is 16.9. The van der Waals surface area contributed by atoms with Crippen LogP contribution in [0, 0.1) is 0 Å². The van der Waals surface area contributed by atoms with E-state index in [-0.39, 0.29) is 29.5 Å². The maximum Gasteiger partial charge on any atom is 0.573 e. The van der Waals surface area contributed by atoms with E-state index in [0.29, 0.717) is 11.3 Å². The third-order valence-corrected chi connectivity index (χ3v) is 4.54. The van der Waals surface area contributed by atoms with Crippen LogP contribution in [0.25, 0.3) is 11.3 Å². The molecule has 0 atom stereocenters. The number of alkyl halides is 3. The number of nitrogens with zero attached hydrogens (tertiary/aromatic N) is 1. The van der Waals surface area contributed by atoms with Crippen LogP contribution < -0.4 is 4.74 Å². The average molecular weight is 369 g/mol. The fourth-order valence-electron chi connectivity index (χ4n) is 3.11. The summed E-state index contributed by atoms with van der Waals surface area (Å²) >= 11 is 0. The van der Waals surface area contributed by atoms with E-state index in [1.807, 2.05) is 0 Å². The van der Waals surface area contributed by atoms with Gasteiger partial charge in [-0.3, -0.25) is 0 Å². The van der Waals surface area contributed by atoms with E-state index in [0.717, 1.165) is 12.8 Å². The SMILES string of the molecule is C1CCCC1.OCc1c(-c2ccccc2OC(F)(F)F)noc1C1CC1. The van der Waals surface area contributed by atoms with E-state index in [4.69, 9.17) is 4.52 Å². The standard InChI is InChI=1S/C14H12F3NO3.C5H10/c15-14(16,17)20-11-4-2-1-3-9(11)12-10(7-19)13(21-18-12)8-5-6-8;1-2-4-5-3-1/h1-4,8,19H,5-7H2;1-5H2. The minimum Gasteiger partial charge on any atom is -0.405 e. The molecular formula is C19H22F3NO3. The third-order valence-electron chi connectivity index (χ3n) is 4.54. The van der Waals surface area contributed by atoms with Gasteiger partial charge < -0.3 is 14.4 Å². The summed E-state index contributed by atoms with van der Waals surface area (Å²) in [5, 5.41) is 13.3. The fraction of sp³-hybridized carbons (Fsp3) is 0.526. The predicted molar refractivity (Wildman–Crippen MR) is 89.6 cm³/mol. The first-order chi connectivity index (χ1) is 12.5. The number of aromatic nitrogens is 1. The topological polar surface area (TPSA) is 55.5 Å². The van der Waals surface area contributed by atoms with Gasteiger partial charge in [0.05, 0.1) is 6.61 Å². The number of rotatable bonds is 4. The van der Waals surface area contributed by atoms with Gasteiger partial charge in [-0.05, 0) is 25.0 Å². The van der Waals surface area contributed by atoms with Crippen molar-refractivity contribution in [2.45, 2.75) is 63.8 Å². The quantitative estimate of drug-likeness (QED) is 0.766. The molecule has 142 valence electrons. The van der Waals surface area contributed by atoms with E-state index in [1.165, 1.54) is 50.3 Å². The Labute approximate surface area is 150 Å². The number of halogens is 3. The molecule has 0 radical (unpaired) electrons. The summed E-state index contributed by atoms with van der Waals surface area (Å²) in [7, 11) is 0. The minimum atomic E-state index is -4.79. The molecule has 1 heterocycles. The predicted octanol–water partition coefficient (Wildman–Crippen LogP) is 5.56. The van der Waals surface area contributed by atoms with Crippen molar-refractivity contribution in [1.29, 1.82) is 0 Å². The Morgan fingerprint density at radius 2 is 1.69 bits per heavy atom. The zero-order valence-electron chi connectivity index (χ0n) is 14.4. The summed E-state index contributed by atoms with van der Waals surface area (Å²) in [5.74, 6) is 0.383. The second-order valence-electron chi connectivity index (χ2n) is 6.62. The highest BCUT2D eigenvalue weighted by Crippen LogP contribution is 2.45. The van der Waals surface area contributed by atoms with Gasteiger partial charge in [0.2, 0.25) is 0 Å². The van der Waals surface area contributed by atoms with Crippen LogP contribution in [0.4, 0.5) is 13.2 Å². The molecule has 0 spiro atoms. The summed E-state index contributed by atoms with van der Waals surface area (Å²) in [5.41, 5.74) is 0.768. The molecule has 4 nitrogen and oxygen atoms in total. The van der Waals surface area contributed by atoms with Crippen LogP contribution in [0.2, 0.25) is 0 Å². The van der Waals surface area contributed by atoms with Crippen LogP contribution in [0.15, 0.2) is 28.8 Å². The second-order valence-corrected chi connectivity index (χ2v) is 6.62. The van der Waals surface area contributed by atoms with Gasteiger partial charge in [0.1, 0.15) is 17.2 Å². The summed E-state index contributed by atoms with van der Waals surface area (Å²) < 4.78 is 46.6. The summed E-state index contributed by atoms with van der Waals surface area (Å²) in [6.45, 7) is -0.342. The first-order valence-electron chi connectivity index (χ1n) is 8.94. The van der Waals surface area contributed by atoms with Crippen molar-refractivity contribution in [1.82, 2.24) is 5.16 Å². The Morgan fingerprint density at radius 3 is 2.23 bits per heavy atom. The smallest absolute Gasteiger partial charge is 0.405 e. The molecule has 7 heteroatoms. The highest BCUT2D eigenvalue weighted by molar-refractivity contribution is 5.70. The number of para-hydroxylation sites is 1. The van der Waals surface area contributed by atoms with Crippen molar-refractivity contribution in [3.63, 3.8) is 0 Å². The molecule has 0 unspecified atom stereocenters. The number of aliphatic hydroxyl groups is 1. The van der Waals surface area contributed by atoms with Gasteiger partial charge in [0.25, 0.3) is 0 Å². The molecule has 2 saturated carbocycles. The molecule has 2 aliphatic rings. The molecule has 1 N–H and O–H groups in total. The Bertz CT molecular complexity index is 711. The highest BCUT2D eigenvalue weighted by Gasteiger charge is 2.35. The average Bonchev–Trinajstić information content (AvgIpc) is 3.11. The van der Waals surface area contributed by atoms with Gasteiger partial charge in [-0.2, -0.15) is 0 Å². The highest BCUT2D eigenvalue weighted by atomic mass is 19.4. The van der Waals surface area contributed by atoms with Gasteiger partial charge in [0.15, 0.2) is 0 Å². The number of hydrogen-bond donors (Lipinski definition) is 1. The van der Waals surface area contributed by atoms with E-state index in [9.17, 15) is 18.3 Å². The molecule has 0 saturated heterocycles. The van der Waals surface area contributed by atoms with Crippen molar-refractivity contribution >= 4 is 0 Å². The van der Waals surface area contributed by atoms with Gasteiger partial charge in [-0.1, -0.05) is 49.4 Å². The number of hydrogen-bond acceptors (Lipinski definition) is 4. The van der Waals surface area contributed by atoms with Crippen LogP contribution in [0.1, 0.15) is 62.2 Å². The summed E-state index contributed by atoms with van der Waals surface area (Å²) in [6, 6.07) is 5.67. The van der Waals surface area contributed by atoms with E-state index in [1.54, 1.807) is 6.07 Å². The first-order valence-corrected chi connectivity index (χ1v) is 8.94. The zero-order valence-corrected chi connectivity index (χ0v) is 14.4. The van der Waals surface area contributed by atoms with Crippen LogP contribution in [-0.2, 0) is 6.61 Å². The number of ether oxygens (including phenoxy) is 1. The van der Waals surface area contributed by atoms with Crippen molar-refractivity contribution < 1.29 is 27.5 Å². The third kappa shape index (κ3) is 4.78. The van der Waals surface area contributed by atoms with Crippen molar-refractivity contribution in [3.05, 3.63) is 35.6 Å². The molecule has 0 bridgehead atoms. The van der Waals surface area contributed by atoms with E-state index < -0.39 is 6.36 Å². The molecule has 2 aliphatic carbocycles. The maximum absolute atomic E-state index is 12.4. The van der Waals surface area contributed by atoms with Crippen molar-refractivity contribution in [2.24, 2.45) is 0 Å². The van der Waals surface area contributed by atoms with E-state index in [2.05, 4.69) is 9.89 Å². The van der Waals surface area contributed by atoms with Gasteiger partial charge >= 0.3 is 6.36 Å². The molecule has 4 rings (SSSR count). The Hall–Kier alpha value is -2.02. The lowest BCUT2D eigenvalue weighted by atomic mass is 10.0. The van der Waals surface area contributed by atoms with Crippen LogP contribution >= 0.6 is 0 Å². The van der Waals surface area contributed by atoms with Crippen LogP contribution in [0.3, 0.4) is 0 Å². The molecule has 26 heavy (non-hydrogen) atoms. The molecular weight excluding hydrogens is 347 g/mol. The second kappa shape index (κ2) is 8.12. The first kappa shape index (κ1) is 18.8. The van der Waals surface area contributed by atoms with Gasteiger partial charge in [0, 0.05) is 17.0 Å². The minimum absolute atomic E-state index is 0.148. The summed E-state index contributed by atoms with van der Waals surface area (Å²) in [4.78, 5) is 0. The Morgan fingerprint density at radius 1 is 1.08 bits per heavy atom. The van der Waals surface area contributed by atoms with Crippen molar-refractivity contribution in [2.75, 3.05) is 0 Å². The number of benzene rings is 1. The molecule has 2 fully saturated rings. The largest absolute Gasteiger partial charge is 0.573 e. The van der Waals surface area contributed by atoms with Crippen molar-refractivity contribution in [3.8, 4) is 17.0 Å². The Kier molecular flexibility index (Phi) is 5.86. The Balaban J connectivity index is 0.000000339. The molecule has 1 aromatic carbocycles. The van der Waals surface area contributed by atoms with Gasteiger partial charge in [-0.15, -0.1) is 13.2 Å². The molecule has 0 aliphatic heterocycles. The number of aliphatic hydroxyl groups excluding tert-OH is 1. The van der Waals surface area contributed by atoms with Crippen LogP contribution in [-0.4, -0.2) is 16.6 Å². The van der Waals surface area contributed by atoms with Crippen LogP contribution in [0.5, 0.6) is 5.75 Å². The fourth-order valence-corrected chi connectivity index (χ4v) is 3.11.